The summed E-state index contributed by atoms with van der Waals surface area (Å²) in [6, 6.07) is 86.9. The van der Waals surface area contributed by atoms with Crippen molar-refractivity contribution in [3.05, 3.63) is 253 Å². The monoisotopic (exact) mass is 1030 g/mol. The van der Waals surface area contributed by atoms with Crippen LogP contribution in [0.2, 0.25) is 0 Å². The maximum absolute atomic E-state index is 2.57. The highest BCUT2D eigenvalue weighted by atomic mass is 15.2. The van der Waals surface area contributed by atoms with Crippen LogP contribution in [0.3, 0.4) is 0 Å². The number of hydrogen-bond acceptors (Lipinski definition) is 2. The molecule has 0 aliphatic rings. The SMILES string of the molecule is Cc1ccc(N(c2cc(C(C)(C)C)ccc2-c2ccccc2)c2ccc3c4cc5c(cc4n4c6ccccc6c2c34)c2ccc(N(c3ccc(C)cc3)c3cc(C(C)(C)C)ccc3-c3ccccc3)c3c4ccccc4n5c23)cc1. The van der Waals surface area contributed by atoms with E-state index in [1.54, 1.807) is 0 Å². The molecule has 0 fully saturated rings. The smallest absolute Gasteiger partial charge is 0.0641 e. The number of hydrogen-bond donors (Lipinski definition) is 0. The average Bonchev–Trinajstić information content (AvgIpc) is 4.39. The van der Waals surface area contributed by atoms with Gasteiger partial charge in [0, 0.05) is 65.6 Å². The Balaban J connectivity index is 1.02. The molecule has 80 heavy (non-hydrogen) atoms. The average molecular weight is 1030 g/mol. The van der Waals surface area contributed by atoms with Gasteiger partial charge in [0.25, 0.3) is 0 Å². The number of aromatic nitrogens is 2. The van der Waals surface area contributed by atoms with Gasteiger partial charge in [-0.3, -0.25) is 0 Å². The van der Waals surface area contributed by atoms with Gasteiger partial charge in [0.2, 0.25) is 0 Å². The van der Waals surface area contributed by atoms with E-state index in [2.05, 4.69) is 305 Å². The van der Waals surface area contributed by atoms with Gasteiger partial charge in [-0.1, -0.05) is 210 Å². The third-order valence-corrected chi connectivity index (χ3v) is 17.2. The Morgan fingerprint density at radius 1 is 0.300 bits per heavy atom. The molecule has 0 aliphatic carbocycles. The van der Waals surface area contributed by atoms with Crippen LogP contribution >= 0.6 is 0 Å². The molecule has 0 amide bonds. The molecule has 0 saturated heterocycles. The Hall–Kier alpha value is -9.38. The lowest BCUT2D eigenvalue weighted by Gasteiger charge is -2.31. The van der Waals surface area contributed by atoms with Crippen molar-refractivity contribution in [3.8, 4) is 22.3 Å². The van der Waals surface area contributed by atoms with Crippen molar-refractivity contribution in [1.29, 1.82) is 0 Å². The fourth-order valence-corrected chi connectivity index (χ4v) is 13.1. The molecule has 0 aliphatic heterocycles. The van der Waals surface area contributed by atoms with Gasteiger partial charge in [-0.15, -0.1) is 0 Å². The molecule has 0 saturated carbocycles. The first-order chi connectivity index (χ1) is 38.8. The van der Waals surface area contributed by atoms with Crippen LogP contribution in [0.4, 0.5) is 34.1 Å². The van der Waals surface area contributed by atoms with Crippen LogP contribution in [0.1, 0.15) is 63.8 Å². The van der Waals surface area contributed by atoms with Gasteiger partial charge in [0.1, 0.15) is 0 Å². The second kappa shape index (κ2) is 17.6. The van der Waals surface area contributed by atoms with E-state index in [1.165, 1.54) is 121 Å². The summed E-state index contributed by atoms with van der Waals surface area (Å²) < 4.78 is 5.14. The predicted octanol–water partition coefficient (Wildman–Crippen LogP) is 21.5. The lowest BCUT2D eigenvalue weighted by Crippen LogP contribution is -2.15. The lowest BCUT2D eigenvalue weighted by atomic mass is 9.85. The Kier molecular flexibility index (Phi) is 10.5. The first-order valence-electron chi connectivity index (χ1n) is 28.3. The zero-order valence-corrected chi connectivity index (χ0v) is 46.7. The molecule has 386 valence electrons. The molecular formula is C76H62N4. The summed E-state index contributed by atoms with van der Waals surface area (Å²) >= 11 is 0. The molecule has 4 heteroatoms. The van der Waals surface area contributed by atoms with Gasteiger partial charge >= 0.3 is 0 Å². The molecule has 0 radical (unpaired) electrons. The molecule has 4 aromatic heterocycles. The summed E-state index contributed by atoms with van der Waals surface area (Å²) in [7, 11) is 0. The van der Waals surface area contributed by atoms with E-state index in [0.29, 0.717) is 0 Å². The third kappa shape index (κ3) is 7.21. The molecule has 15 aromatic rings. The van der Waals surface area contributed by atoms with Gasteiger partial charge in [-0.05, 0) is 120 Å². The predicted molar refractivity (Wildman–Crippen MR) is 343 cm³/mol. The van der Waals surface area contributed by atoms with Crippen molar-refractivity contribution in [3.63, 3.8) is 0 Å². The Bertz CT molecular complexity index is 4580. The Labute approximate surface area is 467 Å². The van der Waals surface area contributed by atoms with Crippen molar-refractivity contribution in [2.75, 3.05) is 9.80 Å². The molecule has 4 heterocycles. The van der Waals surface area contributed by atoms with Crippen molar-refractivity contribution in [2.45, 2.75) is 66.2 Å². The van der Waals surface area contributed by atoms with E-state index in [0.717, 1.165) is 34.1 Å². The first kappa shape index (κ1) is 47.8. The number of para-hydroxylation sites is 2. The number of benzene rings is 11. The molecule has 0 unspecified atom stereocenters. The topological polar surface area (TPSA) is 15.3 Å². The van der Waals surface area contributed by atoms with E-state index in [9.17, 15) is 0 Å². The fourth-order valence-electron chi connectivity index (χ4n) is 13.1. The van der Waals surface area contributed by atoms with E-state index < -0.39 is 0 Å². The van der Waals surface area contributed by atoms with Crippen molar-refractivity contribution in [1.82, 2.24) is 8.80 Å². The molecule has 0 N–H and O–H groups in total. The van der Waals surface area contributed by atoms with E-state index in [4.69, 9.17) is 0 Å². The van der Waals surface area contributed by atoms with Gasteiger partial charge in [-0.2, -0.15) is 0 Å². The van der Waals surface area contributed by atoms with Crippen LogP contribution in [0, 0.1) is 13.8 Å². The standard InChI is InChI=1S/C76H62N4/c1-47-27-33-53(34-28-47)77(67-43-51(75(3,4)5)31-37-55(67)49-19-11-9-12-20-49)65-41-39-57-61-45-70-62(46-69(61)79-63-25-17-15-23-59(63)71(65)73(57)79)58-40-42-66(72-60-24-16-18-26-64(60)80(70)74(58)72)78(54-35-29-48(2)30-36-54)68-44-52(76(6,7)8)32-38-56(68)50-21-13-10-14-22-50/h9-46H,1-8H3. The number of anilines is 6. The maximum atomic E-state index is 2.57. The molecule has 0 spiro atoms. The van der Waals surface area contributed by atoms with E-state index >= 15 is 0 Å². The largest absolute Gasteiger partial charge is 0.309 e. The fraction of sp³-hybridized carbons (Fsp3) is 0.132. The highest BCUT2D eigenvalue weighted by molar-refractivity contribution is 6.32. The second-order valence-corrected chi connectivity index (χ2v) is 24.3. The molecule has 0 bridgehead atoms. The zero-order valence-electron chi connectivity index (χ0n) is 46.7. The quantitative estimate of drug-likeness (QED) is 0.151. The summed E-state index contributed by atoms with van der Waals surface area (Å²) in [6.45, 7) is 18.2. The summed E-state index contributed by atoms with van der Waals surface area (Å²) in [5.41, 5.74) is 23.9. The van der Waals surface area contributed by atoms with Gasteiger partial charge in [-0.25, -0.2) is 0 Å². The summed E-state index contributed by atoms with van der Waals surface area (Å²) in [6.07, 6.45) is 0. The summed E-state index contributed by atoms with van der Waals surface area (Å²) in [5, 5.41) is 9.95. The molecule has 15 rings (SSSR count). The maximum Gasteiger partial charge on any atom is 0.0641 e. The van der Waals surface area contributed by atoms with Gasteiger partial charge in [0.05, 0.1) is 55.8 Å². The van der Waals surface area contributed by atoms with Crippen molar-refractivity contribution >= 4 is 110 Å². The van der Waals surface area contributed by atoms with Crippen LogP contribution in [-0.4, -0.2) is 8.80 Å². The van der Waals surface area contributed by atoms with E-state index in [1.807, 2.05) is 0 Å². The van der Waals surface area contributed by atoms with Crippen LogP contribution in [0.5, 0.6) is 0 Å². The summed E-state index contributed by atoms with van der Waals surface area (Å²) in [4.78, 5) is 5.07. The second-order valence-electron chi connectivity index (χ2n) is 24.3. The normalized spacial score (nSPS) is 12.5. The number of rotatable bonds is 8. The van der Waals surface area contributed by atoms with Crippen molar-refractivity contribution in [2.24, 2.45) is 0 Å². The van der Waals surface area contributed by atoms with Crippen LogP contribution in [0.15, 0.2) is 231 Å². The van der Waals surface area contributed by atoms with Gasteiger partial charge in [0.15, 0.2) is 0 Å². The van der Waals surface area contributed by atoms with Crippen LogP contribution in [0.25, 0.3) is 98.4 Å². The van der Waals surface area contributed by atoms with Crippen LogP contribution in [-0.2, 0) is 10.8 Å². The number of nitrogens with zero attached hydrogens (tertiary/aromatic N) is 4. The molecular weight excluding hydrogens is 969 g/mol. The Morgan fingerprint density at radius 3 is 1.06 bits per heavy atom. The minimum Gasteiger partial charge on any atom is -0.309 e. The number of aryl methyl sites for hydroxylation is 2. The zero-order chi connectivity index (χ0) is 54.3. The molecule has 4 nitrogen and oxygen atoms in total. The lowest BCUT2D eigenvalue weighted by molar-refractivity contribution is 0.590. The highest BCUT2D eigenvalue weighted by Gasteiger charge is 2.31. The number of fused-ring (bicyclic) bond motifs is 12. The first-order valence-corrected chi connectivity index (χ1v) is 28.3. The Morgan fingerprint density at radius 2 is 0.675 bits per heavy atom. The third-order valence-electron chi connectivity index (χ3n) is 17.2. The minimum absolute atomic E-state index is 0.0652. The minimum atomic E-state index is -0.0652. The van der Waals surface area contributed by atoms with Crippen LogP contribution < -0.4 is 9.80 Å². The molecule has 0 atom stereocenters. The van der Waals surface area contributed by atoms with E-state index in [-0.39, 0.29) is 10.8 Å². The van der Waals surface area contributed by atoms with Gasteiger partial charge < -0.3 is 18.6 Å². The van der Waals surface area contributed by atoms with Crippen molar-refractivity contribution < 1.29 is 0 Å². The summed E-state index contributed by atoms with van der Waals surface area (Å²) in [5.74, 6) is 0. The highest BCUT2D eigenvalue weighted by Crippen LogP contribution is 2.53. The molecule has 11 aromatic carbocycles.